The zero-order chi connectivity index (χ0) is 12.2. The van der Waals surface area contributed by atoms with Crippen molar-refractivity contribution in [3.63, 3.8) is 0 Å². The van der Waals surface area contributed by atoms with Crippen LogP contribution in [-0.4, -0.2) is 16.2 Å². The van der Waals surface area contributed by atoms with Crippen molar-refractivity contribution >= 4 is 15.9 Å². The smallest absolute Gasteiger partial charge is 0.0588 e. The lowest BCUT2D eigenvalue weighted by atomic mass is 9.86. The van der Waals surface area contributed by atoms with Gasteiger partial charge in [-0.15, -0.1) is 0 Å². The highest BCUT2D eigenvalue weighted by molar-refractivity contribution is 9.10. The van der Waals surface area contributed by atoms with Gasteiger partial charge in [0.2, 0.25) is 0 Å². The number of rotatable bonds is 4. The molecule has 1 unspecified atom stereocenters. The van der Waals surface area contributed by atoms with Gasteiger partial charge in [-0.1, -0.05) is 20.8 Å². The molecule has 1 rings (SSSR count). The highest BCUT2D eigenvalue weighted by atomic mass is 79.9. The zero-order valence-corrected chi connectivity index (χ0v) is 11.8. The van der Waals surface area contributed by atoms with Crippen LogP contribution in [0.3, 0.4) is 0 Å². The van der Waals surface area contributed by atoms with E-state index in [1.165, 1.54) is 0 Å². The van der Waals surface area contributed by atoms with Crippen LogP contribution in [0.1, 0.15) is 39.3 Å². The molecule has 0 amide bonds. The van der Waals surface area contributed by atoms with Crippen LogP contribution < -0.4 is 0 Å². The van der Waals surface area contributed by atoms with Gasteiger partial charge in [-0.05, 0) is 52.7 Å². The van der Waals surface area contributed by atoms with E-state index >= 15 is 0 Å². The molecule has 1 atom stereocenters. The molecule has 0 aliphatic carbocycles. The summed E-state index contributed by atoms with van der Waals surface area (Å²) in [7, 11) is 0. The molecule has 0 bridgehead atoms. The second-order valence-corrected chi connectivity index (χ2v) is 6.16. The molecule has 0 aliphatic heterocycles. The second kappa shape index (κ2) is 5.78. The number of nitrogens with zero attached hydrogens (tertiary/aromatic N) is 1. The molecule has 0 saturated carbocycles. The lowest BCUT2D eigenvalue weighted by molar-refractivity contribution is 0.0540. The molecular formula is C13H20BrNO. The Balaban J connectivity index is 2.33. The minimum Gasteiger partial charge on any atom is -0.393 e. The van der Waals surface area contributed by atoms with Gasteiger partial charge in [0.25, 0.3) is 0 Å². The summed E-state index contributed by atoms with van der Waals surface area (Å²) in [5.41, 5.74) is 1.07. The maximum atomic E-state index is 9.88. The van der Waals surface area contributed by atoms with Crippen molar-refractivity contribution in [2.24, 2.45) is 5.41 Å². The summed E-state index contributed by atoms with van der Waals surface area (Å²) in [5.74, 6) is 0. The molecule has 0 spiro atoms. The summed E-state index contributed by atoms with van der Waals surface area (Å²) in [6, 6.07) is 4.02. The first-order valence-corrected chi connectivity index (χ1v) is 6.47. The van der Waals surface area contributed by atoms with Crippen molar-refractivity contribution in [1.82, 2.24) is 4.98 Å². The molecule has 0 fully saturated rings. The van der Waals surface area contributed by atoms with Gasteiger partial charge in [-0.2, -0.15) is 0 Å². The van der Waals surface area contributed by atoms with Gasteiger partial charge in [0.05, 0.1) is 6.10 Å². The number of aryl methyl sites for hydroxylation is 1. The third-order valence-electron chi connectivity index (χ3n) is 2.70. The zero-order valence-electron chi connectivity index (χ0n) is 10.2. The molecular weight excluding hydrogens is 266 g/mol. The summed E-state index contributed by atoms with van der Waals surface area (Å²) >= 11 is 3.36. The number of hydrogen-bond acceptors (Lipinski definition) is 2. The van der Waals surface area contributed by atoms with Crippen LogP contribution in [-0.2, 0) is 6.42 Å². The van der Waals surface area contributed by atoms with E-state index in [0.717, 1.165) is 29.4 Å². The summed E-state index contributed by atoms with van der Waals surface area (Å²) in [5, 5.41) is 9.88. The van der Waals surface area contributed by atoms with Crippen molar-refractivity contribution < 1.29 is 5.11 Å². The first-order valence-electron chi connectivity index (χ1n) is 5.68. The first-order chi connectivity index (χ1) is 7.39. The van der Waals surface area contributed by atoms with Crippen molar-refractivity contribution in [2.75, 3.05) is 0 Å². The Morgan fingerprint density at radius 1 is 1.38 bits per heavy atom. The fourth-order valence-electron chi connectivity index (χ4n) is 1.46. The van der Waals surface area contributed by atoms with Gasteiger partial charge in [-0.25, -0.2) is 0 Å². The summed E-state index contributed by atoms with van der Waals surface area (Å²) in [4.78, 5) is 4.31. The van der Waals surface area contributed by atoms with Gasteiger partial charge in [0.15, 0.2) is 0 Å². The molecule has 1 heterocycles. The normalized spacial score (nSPS) is 13.8. The van der Waals surface area contributed by atoms with Crippen molar-refractivity contribution in [3.8, 4) is 0 Å². The number of aromatic nitrogens is 1. The fraction of sp³-hybridized carbons (Fsp3) is 0.615. The van der Waals surface area contributed by atoms with E-state index in [9.17, 15) is 5.11 Å². The van der Waals surface area contributed by atoms with Crippen molar-refractivity contribution in [3.05, 3.63) is 28.5 Å². The molecule has 3 heteroatoms. The van der Waals surface area contributed by atoms with E-state index in [-0.39, 0.29) is 11.5 Å². The second-order valence-electron chi connectivity index (χ2n) is 5.24. The summed E-state index contributed by atoms with van der Waals surface area (Å²) in [6.45, 7) is 6.20. The average molecular weight is 286 g/mol. The van der Waals surface area contributed by atoms with Crippen LogP contribution in [0.15, 0.2) is 22.8 Å². The Bertz CT molecular complexity index is 316. The summed E-state index contributed by atoms with van der Waals surface area (Å²) in [6.07, 6.45) is 4.33. The molecule has 0 radical (unpaired) electrons. The van der Waals surface area contributed by atoms with Crippen LogP contribution >= 0.6 is 15.9 Å². The third-order valence-corrected chi connectivity index (χ3v) is 3.17. The molecule has 0 aliphatic rings. The predicted octanol–water partition coefficient (Wildman–Crippen LogP) is 3.57. The maximum absolute atomic E-state index is 9.88. The molecule has 1 N–H and O–H groups in total. The Labute approximate surface area is 106 Å². The van der Waals surface area contributed by atoms with Crippen molar-refractivity contribution in [1.29, 1.82) is 0 Å². The van der Waals surface area contributed by atoms with Crippen LogP contribution in [0.2, 0.25) is 0 Å². The first kappa shape index (κ1) is 13.7. The van der Waals surface area contributed by atoms with E-state index in [2.05, 4.69) is 41.7 Å². The van der Waals surface area contributed by atoms with Gasteiger partial charge in [0.1, 0.15) is 0 Å². The third kappa shape index (κ3) is 4.62. The summed E-state index contributed by atoms with van der Waals surface area (Å²) < 4.78 is 1.01. The minimum atomic E-state index is -0.233. The van der Waals surface area contributed by atoms with E-state index in [1.54, 1.807) is 0 Å². The molecule has 1 aromatic heterocycles. The minimum absolute atomic E-state index is 0.0207. The Hall–Kier alpha value is -0.410. The lowest BCUT2D eigenvalue weighted by Crippen LogP contribution is -2.25. The highest BCUT2D eigenvalue weighted by Crippen LogP contribution is 2.23. The predicted molar refractivity (Wildman–Crippen MR) is 70.3 cm³/mol. The standard InChI is InChI=1S/C13H20BrNO/c1-13(2,3)12(16)6-4-5-11-8-7-10(14)9-15-11/h7-9,12,16H,4-6H2,1-3H3. The van der Waals surface area contributed by atoms with Gasteiger partial charge >= 0.3 is 0 Å². The molecule has 2 nitrogen and oxygen atoms in total. The highest BCUT2D eigenvalue weighted by Gasteiger charge is 2.21. The van der Waals surface area contributed by atoms with Crippen LogP contribution in [0.5, 0.6) is 0 Å². The Kier molecular flexibility index (Phi) is 4.93. The van der Waals surface area contributed by atoms with Crippen LogP contribution in [0.25, 0.3) is 0 Å². The van der Waals surface area contributed by atoms with E-state index < -0.39 is 0 Å². The largest absolute Gasteiger partial charge is 0.393 e. The lowest BCUT2D eigenvalue weighted by Gasteiger charge is -2.25. The number of pyridine rings is 1. The molecule has 0 aromatic carbocycles. The van der Waals surface area contributed by atoms with Crippen LogP contribution in [0, 0.1) is 5.41 Å². The fourth-order valence-corrected chi connectivity index (χ4v) is 1.70. The monoisotopic (exact) mass is 285 g/mol. The molecule has 90 valence electrons. The molecule has 1 aromatic rings. The topological polar surface area (TPSA) is 33.1 Å². The number of halogens is 1. The number of hydrogen-bond donors (Lipinski definition) is 1. The van der Waals surface area contributed by atoms with Gasteiger partial charge < -0.3 is 5.11 Å². The van der Waals surface area contributed by atoms with Crippen molar-refractivity contribution in [2.45, 2.75) is 46.1 Å². The molecule has 0 saturated heterocycles. The SMILES string of the molecule is CC(C)(C)C(O)CCCc1ccc(Br)cn1. The van der Waals surface area contributed by atoms with Gasteiger partial charge in [0, 0.05) is 16.4 Å². The number of aliphatic hydroxyl groups excluding tert-OH is 1. The quantitative estimate of drug-likeness (QED) is 0.917. The Morgan fingerprint density at radius 2 is 2.06 bits per heavy atom. The number of aliphatic hydroxyl groups is 1. The van der Waals surface area contributed by atoms with Gasteiger partial charge in [-0.3, -0.25) is 4.98 Å². The Morgan fingerprint density at radius 3 is 2.56 bits per heavy atom. The van der Waals surface area contributed by atoms with E-state index in [4.69, 9.17) is 0 Å². The van der Waals surface area contributed by atoms with E-state index in [1.807, 2.05) is 18.3 Å². The van der Waals surface area contributed by atoms with E-state index in [0.29, 0.717) is 0 Å². The molecule has 16 heavy (non-hydrogen) atoms. The average Bonchev–Trinajstić information content (AvgIpc) is 2.19. The van der Waals surface area contributed by atoms with Crippen LogP contribution in [0.4, 0.5) is 0 Å². The maximum Gasteiger partial charge on any atom is 0.0588 e.